The van der Waals surface area contributed by atoms with Gasteiger partial charge in [0, 0.05) is 13.8 Å². The lowest BCUT2D eigenvalue weighted by Gasteiger charge is -2.29. The number of cyclic esters (lactones) is 2. The highest BCUT2D eigenvalue weighted by atomic mass is 32.1. The number of carbonyl (C=O) groups excluding carboxylic acids is 3. The molecule has 7 heteroatoms. The quantitative estimate of drug-likeness (QED) is 0.363. The lowest BCUT2D eigenvalue weighted by atomic mass is 10.1. The predicted octanol–water partition coefficient (Wildman–Crippen LogP) is 3.19. The summed E-state index contributed by atoms with van der Waals surface area (Å²) in [5.41, 5.74) is 0.377. The first-order valence-corrected chi connectivity index (χ1v) is 8.26. The number of rotatable bonds is 3. The molecule has 2 heterocycles. The monoisotopic (exact) mass is 358 g/mol. The van der Waals surface area contributed by atoms with Gasteiger partial charge in [-0.2, -0.15) is 0 Å². The van der Waals surface area contributed by atoms with Gasteiger partial charge in [-0.3, -0.25) is 0 Å². The number of hydrogen-bond acceptors (Lipinski definition) is 7. The van der Waals surface area contributed by atoms with Crippen molar-refractivity contribution < 1.29 is 28.6 Å². The molecule has 3 rings (SSSR count). The van der Waals surface area contributed by atoms with Crippen molar-refractivity contribution in [2.75, 3.05) is 0 Å². The highest BCUT2D eigenvalue weighted by molar-refractivity contribution is 7.12. The van der Waals surface area contributed by atoms with Crippen LogP contribution in [0.2, 0.25) is 0 Å². The molecule has 0 N–H and O–H groups in total. The van der Waals surface area contributed by atoms with E-state index in [-0.39, 0.29) is 5.57 Å². The molecule has 0 bridgehead atoms. The van der Waals surface area contributed by atoms with Gasteiger partial charge in [0.2, 0.25) is 0 Å². The SMILES string of the molecule is CC1(C)OC(=O)C(=Cc2ccc(OC(=O)c3cccs3)cc2)C(=O)O1. The summed E-state index contributed by atoms with van der Waals surface area (Å²) >= 11 is 1.29. The normalized spacial score (nSPS) is 16.0. The van der Waals surface area contributed by atoms with Gasteiger partial charge < -0.3 is 14.2 Å². The highest BCUT2D eigenvalue weighted by Gasteiger charge is 2.38. The molecule has 1 aromatic carbocycles. The second-order valence-corrected chi connectivity index (χ2v) is 6.62. The molecule has 2 aromatic rings. The van der Waals surface area contributed by atoms with Crippen LogP contribution < -0.4 is 4.74 Å². The van der Waals surface area contributed by atoms with E-state index in [1.165, 1.54) is 31.3 Å². The van der Waals surface area contributed by atoms with Crippen LogP contribution in [0.4, 0.5) is 0 Å². The van der Waals surface area contributed by atoms with Crippen molar-refractivity contribution in [3.63, 3.8) is 0 Å². The first-order chi connectivity index (χ1) is 11.8. The maximum atomic E-state index is 11.9. The molecule has 1 aliphatic rings. The Balaban J connectivity index is 1.73. The van der Waals surface area contributed by atoms with Gasteiger partial charge in [0.25, 0.3) is 5.79 Å². The van der Waals surface area contributed by atoms with Gasteiger partial charge >= 0.3 is 17.9 Å². The number of carbonyl (C=O) groups is 3. The molecule has 1 saturated heterocycles. The largest absolute Gasteiger partial charge is 0.422 e. The van der Waals surface area contributed by atoms with Crippen LogP contribution in [0.5, 0.6) is 5.75 Å². The summed E-state index contributed by atoms with van der Waals surface area (Å²) in [5, 5.41) is 1.79. The third-order valence-electron chi connectivity index (χ3n) is 3.24. The zero-order valence-electron chi connectivity index (χ0n) is 13.5. The van der Waals surface area contributed by atoms with Crippen molar-refractivity contribution in [1.82, 2.24) is 0 Å². The third kappa shape index (κ3) is 3.95. The minimum absolute atomic E-state index is 0.192. The molecule has 0 amide bonds. The van der Waals surface area contributed by atoms with E-state index >= 15 is 0 Å². The van der Waals surface area contributed by atoms with Gasteiger partial charge in [-0.15, -0.1) is 11.3 Å². The molecule has 1 aliphatic heterocycles. The molecule has 6 nitrogen and oxygen atoms in total. The molecule has 1 aromatic heterocycles. The molecule has 0 radical (unpaired) electrons. The molecule has 0 saturated carbocycles. The Labute approximate surface area is 147 Å². The van der Waals surface area contributed by atoms with E-state index in [9.17, 15) is 14.4 Å². The number of thiophene rings is 1. The van der Waals surface area contributed by atoms with E-state index in [0.717, 1.165) is 0 Å². The second-order valence-electron chi connectivity index (χ2n) is 5.67. The summed E-state index contributed by atoms with van der Waals surface area (Å²) in [6.07, 6.45) is 1.37. The number of benzene rings is 1. The van der Waals surface area contributed by atoms with Crippen LogP contribution in [0.25, 0.3) is 6.08 Å². The van der Waals surface area contributed by atoms with Crippen LogP contribution in [-0.2, 0) is 19.1 Å². The van der Waals surface area contributed by atoms with E-state index in [1.807, 2.05) is 0 Å². The molecule has 0 spiro atoms. The average Bonchev–Trinajstić information content (AvgIpc) is 3.06. The fourth-order valence-electron chi connectivity index (χ4n) is 2.13. The lowest BCUT2D eigenvalue weighted by Crippen LogP contribution is -2.41. The molecule has 0 atom stereocenters. The van der Waals surface area contributed by atoms with Crippen molar-refractivity contribution in [2.45, 2.75) is 19.6 Å². The van der Waals surface area contributed by atoms with E-state index in [1.54, 1.807) is 41.8 Å². The van der Waals surface area contributed by atoms with Gasteiger partial charge in [0.15, 0.2) is 0 Å². The molecule has 128 valence electrons. The Hall–Kier alpha value is -2.93. The average molecular weight is 358 g/mol. The van der Waals surface area contributed by atoms with Crippen LogP contribution >= 0.6 is 11.3 Å². The van der Waals surface area contributed by atoms with Gasteiger partial charge in [-0.05, 0) is 35.2 Å². The highest BCUT2D eigenvalue weighted by Crippen LogP contribution is 2.25. The van der Waals surface area contributed by atoms with Gasteiger partial charge in [-0.1, -0.05) is 18.2 Å². The Morgan fingerprint density at radius 1 is 1.08 bits per heavy atom. The minimum Gasteiger partial charge on any atom is -0.422 e. The molecule has 0 unspecified atom stereocenters. The number of hydrogen-bond donors (Lipinski definition) is 0. The molecule has 25 heavy (non-hydrogen) atoms. The standard InChI is InChI=1S/C18H14O6S/c1-18(2)23-15(19)13(16(20)24-18)10-11-5-7-12(8-6-11)22-17(21)14-4-3-9-25-14/h3-10H,1-2H3. The van der Waals surface area contributed by atoms with Crippen molar-refractivity contribution in [2.24, 2.45) is 0 Å². The number of esters is 3. The van der Waals surface area contributed by atoms with E-state index in [4.69, 9.17) is 14.2 Å². The van der Waals surface area contributed by atoms with Gasteiger partial charge in [-0.25, -0.2) is 14.4 Å². The minimum atomic E-state index is -1.27. The van der Waals surface area contributed by atoms with E-state index in [2.05, 4.69) is 0 Å². The Bertz CT molecular complexity index is 824. The summed E-state index contributed by atoms with van der Waals surface area (Å²) in [6.45, 7) is 2.96. The molecular formula is C18H14O6S. The van der Waals surface area contributed by atoms with Crippen molar-refractivity contribution in [3.8, 4) is 5.75 Å². The van der Waals surface area contributed by atoms with Crippen molar-refractivity contribution >= 4 is 35.3 Å². The summed E-state index contributed by atoms with van der Waals surface area (Å²) < 4.78 is 15.3. The number of ether oxygens (including phenoxy) is 3. The van der Waals surface area contributed by atoms with Crippen LogP contribution in [0.1, 0.15) is 29.1 Å². The maximum Gasteiger partial charge on any atom is 0.353 e. The Kier molecular flexibility index (Phi) is 4.41. The first kappa shape index (κ1) is 16.9. The van der Waals surface area contributed by atoms with E-state index in [0.29, 0.717) is 16.2 Å². The van der Waals surface area contributed by atoms with Crippen LogP contribution in [-0.4, -0.2) is 23.7 Å². The van der Waals surface area contributed by atoms with E-state index < -0.39 is 23.7 Å². The van der Waals surface area contributed by atoms with Crippen molar-refractivity contribution in [3.05, 3.63) is 57.8 Å². The fraction of sp³-hybridized carbons (Fsp3) is 0.167. The third-order valence-corrected chi connectivity index (χ3v) is 4.09. The van der Waals surface area contributed by atoms with Gasteiger partial charge in [0.05, 0.1) is 0 Å². The molecular weight excluding hydrogens is 344 g/mol. The topological polar surface area (TPSA) is 78.9 Å². The Morgan fingerprint density at radius 3 is 2.28 bits per heavy atom. The van der Waals surface area contributed by atoms with Crippen molar-refractivity contribution in [1.29, 1.82) is 0 Å². The fourth-order valence-corrected chi connectivity index (χ4v) is 2.73. The summed E-state index contributed by atoms with van der Waals surface area (Å²) in [5.74, 6) is -2.84. The molecule has 0 aliphatic carbocycles. The smallest absolute Gasteiger partial charge is 0.353 e. The summed E-state index contributed by atoms with van der Waals surface area (Å²) in [7, 11) is 0. The van der Waals surface area contributed by atoms with Crippen LogP contribution in [0, 0.1) is 0 Å². The summed E-state index contributed by atoms with van der Waals surface area (Å²) in [4.78, 5) is 36.2. The summed E-state index contributed by atoms with van der Waals surface area (Å²) in [6, 6.07) is 9.81. The zero-order valence-corrected chi connectivity index (χ0v) is 14.3. The first-order valence-electron chi connectivity index (χ1n) is 7.38. The van der Waals surface area contributed by atoms with Gasteiger partial charge in [0.1, 0.15) is 16.2 Å². The lowest BCUT2D eigenvalue weighted by molar-refractivity contribution is -0.222. The zero-order chi connectivity index (χ0) is 18.0. The Morgan fingerprint density at radius 2 is 1.72 bits per heavy atom. The van der Waals surface area contributed by atoms with Crippen LogP contribution in [0.15, 0.2) is 47.4 Å². The van der Waals surface area contributed by atoms with Crippen LogP contribution in [0.3, 0.4) is 0 Å². The maximum absolute atomic E-state index is 11.9. The molecule has 1 fully saturated rings. The second kappa shape index (κ2) is 6.52. The predicted molar refractivity (Wildman–Crippen MR) is 90.0 cm³/mol.